The Morgan fingerprint density at radius 2 is 1.57 bits per heavy atom. The largest absolute Gasteiger partial charge is 0.417 e. The van der Waals surface area contributed by atoms with E-state index < -0.39 is 23.6 Å². The van der Waals surface area contributed by atoms with Crippen molar-refractivity contribution in [2.45, 2.75) is 24.6 Å². The average Bonchev–Trinajstić information content (AvgIpc) is 2.26. The van der Waals surface area contributed by atoms with Crippen molar-refractivity contribution >= 4 is 12.4 Å². The molecule has 2 aliphatic rings. The molecule has 1 aliphatic heterocycles. The predicted octanol–water partition coefficient (Wildman–Crippen LogP) is 1.33. The van der Waals surface area contributed by atoms with E-state index >= 15 is 0 Å². The molecular formula is C8H13ClF3NO. The highest BCUT2D eigenvalue weighted by atomic mass is 35.5. The normalized spacial score (nSPS) is 42.0. The molecule has 84 valence electrons. The topological polar surface area (TPSA) is 32.3 Å². The molecule has 2 N–H and O–H groups in total. The van der Waals surface area contributed by atoms with Crippen LogP contribution >= 0.6 is 12.4 Å². The van der Waals surface area contributed by atoms with Crippen molar-refractivity contribution in [2.75, 3.05) is 13.1 Å². The summed E-state index contributed by atoms with van der Waals surface area (Å²) in [6.07, 6.45) is -3.51. The SMILES string of the molecule is Cl.OC1(C(F)(F)F)C2CCC1CNC2. The Hall–Kier alpha value is -0.0000000000000000486. The first-order chi connectivity index (χ1) is 5.96. The molecule has 14 heavy (non-hydrogen) atoms. The summed E-state index contributed by atoms with van der Waals surface area (Å²) in [6, 6.07) is 0. The summed E-state index contributed by atoms with van der Waals surface area (Å²) < 4.78 is 37.8. The van der Waals surface area contributed by atoms with Gasteiger partial charge in [0.15, 0.2) is 5.60 Å². The lowest BCUT2D eigenvalue weighted by atomic mass is 9.80. The summed E-state index contributed by atoms with van der Waals surface area (Å²) in [4.78, 5) is 0. The van der Waals surface area contributed by atoms with Crippen molar-refractivity contribution in [3.8, 4) is 0 Å². The number of aliphatic hydroxyl groups is 1. The fourth-order valence-electron chi connectivity index (χ4n) is 2.59. The van der Waals surface area contributed by atoms with Gasteiger partial charge in [-0.1, -0.05) is 0 Å². The van der Waals surface area contributed by atoms with Crippen LogP contribution in [0.1, 0.15) is 12.8 Å². The smallest absolute Gasteiger partial charge is 0.380 e. The highest BCUT2D eigenvalue weighted by molar-refractivity contribution is 5.85. The number of hydrogen-bond acceptors (Lipinski definition) is 2. The first kappa shape index (κ1) is 12.1. The van der Waals surface area contributed by atoms with Crippen molar-refractivity contribution in [3.05, 3.63) is 0 Å². The number of fused-ring (bicyclic) bond motifs is 2. The Kier molecular flexibility index (Phi) is 3.05. The molecule has 1 heterocycles. The number of hydrogen-bond donors (Lipinski definition) is 2. The zero-order chi connectivity index (χ0) is 9.69. The molecule has 0 aromatic carbocycles. The van der Waals surface area contributed by atoms with Crippen LogP contribution in [-0.4, -0.2) is 30.0 Å². The molecule has 2 atom stereocenters. The minimum atomic E-state index is -4.47. The lowest BCUT2D eigenvalue weighted by molar-refractivity contribution is -0.291. The molecule has 1 saturated heterocycles. The maximum absolute atomic E-state index is 12.6. The number of alkyl halides is 3. The van der Waals surface area contributed by atoms with Gasteiger partial charge in [0.2, 0.25) is 0 Å². The highest BCUT2D eigenvalue weighted by Crippen LogP contribution is 2.51. The first-order valence-corrected chi connectivity index (χ1v) is 4.46. The van der Waals surface area contributed by atoms with Crippen molar-refractivity contribution in [1.29, 1.82) is 0 Å². The van der Waals surface area contributed by atoms with Crippen LogP contribution in [0.4, 0.5) is 13.2 Å². The Labute approximate surface area is 86.3 Å². The number of nitrogens with one attached hydrogen (secondary N) is 1. The molecule has 0 spiro atoms. The van der Waals surface area contributed by atoms with Gasteiger partial charge in [0.05, 0.1) is 0 Å². The molecular weight excluding hydrogens is 219 g/mol. The van der Waals surface area contributed by atoms with Crippen molar-refractivity contribution in [3.63, 3.8) is 0 Å². The van der Waals surface area contributed by atoms with E-state index in [2.05, 4.69) is 5.32 Å². The zero-order valence-corrected chi connectivity index (χ0v) is 8.29. The van der Waals surface area contributed by atoms with Gasteiger partial charge in [-0.25, -0.2) is 0 Å². The van der Waals surface area contributed by atoms with Crippen molar-refractivity contribution in [1.82, 2.24) is 5.32 Å². The van der Waals surface area contributed by atoms with E-state index in [4.69, 9.17) is 0 Å². The third-order valence-corrected chi connectivity index (χ3v) is 3.34. The van der Waals surface area contributed by atoms with Gasteiger partial charge in [0, 0.05) is 24.9 Å². The van der Waals surface area contributed by atoms with Crippen LogP contribution in [0.3, 0.4) is 0 Å². The van der Waals surface area contributed by atoms with Gasteiger partial charge in [-0.15, -0.1) is 12.4 Å². The van der Waals surface area contributed by atoms with E-state index in [9.17, 15) is 18.3 Å². The molecule has 6 heteroatoms. The Balaban J connectivity index is 0.000000980. The van der Waals surface area contributed by atoms with Crippen LogP contribution in [-0.2, 0) is 0 Å². The minimum Gasteiger partial charge on any atom is -0.380 e. The predicted molar refractivity (Wildman–Crippen MR) is 47.3 cm³/mol. The second-order valence-corrected chi connectivity index (χ2v) is 3.95. The fourth-order valence-corrected chi connectivity index (χ4v) is 2.59. The summed E-state index contributed by atoms with van der Waals surface area (Å²) in [7, 11) is 0. The van der Waals surface area contributed by atoms with Crippen LogP contribution in [0.25, 0.3) is 0 Å². The first-order valence-electron chi connectivity index (χ1n) is 4.46. The van der Waals surface area contributed by atoms with Gasteiger partial charge in [0.25, 0.3) is 0 Å². The van der Waals surface area contributed by atoms with Crippen LogP contribution in [0.5, 0.6) is 0 Å². The van der Waals surface area contributed by atoms with Gasteiger partial charge in [-0.3, -0.25) is 0 Å². The molecule has 1 aliphatic carbocycles. The zero-order valence-electron chi connectivity index (χ0n) is 7.47. The van der Waals surface area contributed by atoms with E-state index in [-0.39, 0.29) is 25.5 Å². The van der Waals surface area contributed by atoms with Crippen molar-refractivity contribution in [2.24, 2.45) is 11.8 Å². The van der Waals surface area contributed by atoms with E-state index in [0.717, 1.165) is 0 Å². The third kappa shape index (κ3) is 1.42. The van der Waals surface area contributed by atoms with Crippen LogP contribution in [0.2, 0.25) is 0 Å². The van der Waals surface area contributed by atoms with E-state index in [1.807, 2.05) is 0 Å². The van der Waals surface area contributed by atoms with Gasteiger partial charge in [-0.05, 0) is 12.8 Å². The molecule has 2 bridgehead atoms. The van der Waals surface area contributed by atoms with E-state index in [1.54, 1.807) is 0 Å². The molecule has 0 radical (unpaired) electrons. The van der Waals surface area contributed by atoms with Crippen LogP contribution in [0.15, 0.2) is 0 Å². The molecule has 2 fully saturated rings. The van der Waals surface area contributed by atoms with Gasteiger partial charge in [0.1, 0.15) is 0 Å². The Morgan fingerprint density at radius 3 is 1.86 bits per heavy atom. The summed E-state index contributed by atoms with van der Waals surface area (Å²) in [6.45, 7) is 0.568. The third-order valence-electron chi connectivity index (χ3n) is 3.34. The number of piperidine rings is 1. The molecule has 2 nitrogen and oxygen atoms in total. The second-order valence-electron chi connectivity index (χ2n) is 3.95. The minimum absolute atomic E-state index is 0. The summed E-state index contributed by atoms with van der Waals surface area (Å²) in [5, 5.41) is 12.6. The standard InChI is InChI=1S/C8H12F3NO.ClH/c9-8(10,11)7(13)5-1-2-6(7)4-12-3-5;/h5-6,12-13H,1-4H2;1H. The maximum atomic E-state index is 12.6. The van der Waals surface area contributed by atoms with Crippen LogP contribution < -0.4 is 5.32 Å². The van der Waals surface area contributed by atoms with Gasteiger partial charge in [-0.2, -0.15) is 13.2 Å². The maximum Gasteiger partial charge on any atom is 0.417 e. The molecule has 0 aromatic heterocycles. The Morgan fingerprint density at radius 1 is 1.14 bits per heavy atom. The summed E-state index contributed by atoms with van der Waals surface area (Å²) in [5.41, 5.74) is -2.42. The monoisotopic (exact) mass is 231 g/mol. The van der Waals surface area contributed by atoms with Gasteiger partial charge < -0.3 is 10.4 Å². The van der Waals surface area contributed by atoms with Gasteiger partial charge >= 0.3 is 6.18 Å². The van der Waals surface area contributed by atoms with Crippen molar-refractivity contribution < 1.29 is 18.3 Å². The molecule has 2 rings (SSSR count). The quantitative estimate of drug-likeness (QED) is 0.659. The fraction of sp³-hybridized carbons (Fsp3) is 1.00. The second kappa shape index (κ2) is 3.54. The van der Waals surface area contributed by atoms with Crippen LogP contribution in [0, 0.1) is 11.8 Å². The lowest BCUT2D eigenvalue weighted by Crippen LogP contribution is -2.60. The summed E-state index contributed by atoms with van der Waals surface area (Å²) in [5.74, 6) is -1.29. The number of halogens is 4. The Bertz CT molecular complexity index is 205. The summed E-state index contributed by atoms with van der Waals surface area (Å²) >= 11 is 0. The lowest BCUT2D eigenvalue weighted by Gasteiger charge is -2.40. The van der Waals surface area contributed by atoms with E-state index in [0.29, 0.717) is 12.8 Å². The molecule has 1 saturated carbocycles. The molecule has 0 amide bonds. The average molecular weight is 232 g/mol. The highest BCUT2D eigenvalue weighted by Gasteiger charge is 2.66. The van der Waals surface area contributed by atoms with E-state index in [1.165, 1.54) is 0 Å². The molecule has 0 aromatic rings. The molecule has 2 unspecified atom stereocenters. The number of rotatable bonds is 0.